The van der Waals surface area contributed by atoms with Gasteiger partial charge in [-0.1, -0.05) is 34.8 Å². The van der Waals surface area contributed by atoms with Crippen molar-refractivity contribution in [1.29, 1.82) is 0 Å². The second-order valence-electron chi connectivity index (χ2n) is 5.66. The van der Waals surface area contributed by atoms with Crippen LogP contribution in [0.5, 0.6) is 5.75 Å². The van der Waals surface area contributed by atoms with Gasteiger partial charge in [-0.2, -0.15) is 0 Å². The SMILES string of the molecule is O=C(Nc1ccc(Cl)cn1)c1cc(Cl)cc(O)c1NC(=O)c1scc(CCl)c1Cl. The molecule has 0 atom stereocenters. The molecule has 3 N–H and O–H groups in total. The zero-order chi connectivity index (χ0) is 21.1. The highest BCUT2D eigenvalue weighted by Gasteiger charge is 2.22. The number of nitrogens with one attached hydrogen (secondary N) is 2. The minimum absolute atomic E-state index is 0.0645. The van der Waals surface area contributed by atoms with Crippen molar-refractivity contribution in [2.75, 3.05) is 10.6 Å². The Kier molecular flexibility index (Phi) is 6.87. The number of pyridine rings is 1. The fraction of sp³-hybridized carbons (Fsp3) is 0.0556. The molecule has 0 saturated carbocycles. The molecular formula is C18H11Cl4N3O3S. The molecule has 0 bridgehead atoms. The molecule has 11 heteroatoms. The molecule has 2 heterocycles. The molecule has 0 aliphatic carbocycles. The van der Waals surface area contributed by atoms with E-state index in [0.717, 1.165) is 11.3 Å². The van der Waals surface area contributed by atoms with Gasteiger partial charge in [0.15, 0.2) is 0 Å². The average molecular weight is 491 g/mol. The average Bonchev–Trinajstić information content (AvgIpc) is 3.06. The second kappa shape index (κ2) is 9.19. The number of hydrogen-bond donors (Lipinski definition) is 3. The predicted octanol–water partition coefficient (Wildman–Crippen LogP) is 6.05. The van der Waals surface area contributed by atoms with E-state index in [-0.39, 0.29) is 43.6 Å². The van der Waals surface area contributed by atoms with E-state index >= 15 is 0 Å². The summed E-state index contributed by atoms with van der Waals surface area (Å²) in [4.78, 5) is 29.5. The van der Waals surface area contributed by atoms with Gasteiger partial charge in [-0.15, -0.1) is 22.9 Å². The second-order valence-corrected chi connectivity index (χ2v) is 8.05. The Bertz CT molecular complexity index is 1090. The van der Waals surface area contributed by atoms with Gasteiger partial charge >= 0.3 is 0 Å². The molecule has 1 aromatic carbocycles. The lowest BCUT2D eigenvalue weighted by Gasteiger charge is -2.13. The summed E-state index contributed by atoms with van der Waals surface area (Å²) in [6.45, 7) is 0. The summed E-state index contributed by atoms with van der Waals surface area (Å²) in [5.74, 6) is -1.26. The van der Waals surface area contributed by atoms with Gasteiger partial charge in [-0.3, -0.25) is 9.59 Å². The molecule has 0 unspecified atom stereocenters. The van der Waals surface area contributed by atoms with Gasteiger partial charge in [0.1, 0.15) is 16.4 Å². The Hall–Kier alpha value is -2.03. The Labute approximate surface area is 189 Å². The largest absolute Gasteiger partial charge is 0.506 e. The first kappa shape index (κ1) is 21.7. The van der Waals surface area contributed by atoms with Crippen molar-refractivity contribution < 1.29 is 14.7 Å². The van der Waals surface area contributed by atoms with Crippen LogP contribution in [0.25, 0.3) is 0 Å². The van der Waals surface area contributed by atoms with Crippen LogP contribution in [0.15, 0.2) is 35.8 Å². The summed E-state index contributed by atoms with van der Waals surface area (Å²) in [6.07, 6.45) is 1.36. The highest BCUT2D eigenvalue weighted by atomic mass is 35.5. The highest BCUT2D eigenvalue weighted by Crippen LogP contribution is 2.35. The zero-order valence-corrected chi connectivity index (χ0v) is 18.1. The van der Waals surface area contributed by atoms with E-state index in [1.165, 1.54) is 24.4 Å². The van der Waals surface area contributed by atoms with Crippen molar-refractivity contribution in [3.05, 3.63) is 66.9 Å². The van der Waals surface area contributed by atoms with E-state index in [1.807, 2.05) is 0 Å². The van der Waals surface area contributed by atoms with Crippen LogP contribution in [-0.2, 0) is 5.88 Å². The molecule has 150 valence electrons. The third kappa shape index (κ3) is 4.94. The number of phenols is 1. The number of rotatable bonds is 5. The number of hydrogen-bond acceptors (Lipinski definition) is 5. The first-order valence-corrected chi connectivity index (χ1v) is 10.4. The molecule has 2 aromatic heterocycles. The zero-order valence-electron chi connectivity index (χ0n) is 14.3. The Morgan fingerprint density at radius 2 is 1.83 bits per heavy atom. The van der Waals surface area contributed by atoms with Gasteiger partial charge in [-0.25, -0.2) is 4.98 Å². The maximum atomic E-state index is 12.7. The van der Waals surface area contributed by atoms with Crippen LogP contribution < -0.4 is 10.6 Å². The quantitative estimate of drug-likeness (QED) is 0.299. The van der Waals surface area contributed by atoms with Gasteiger partial charge < -0.3 is 15.7 Å². The molecule has 0 radical (unpaired) electrons. The number of alkyl halides is 1. The number of phenolic OH excluding ortho intramolecular Hbond substituents is 1. The van der Waals surface area contributed by atoms with Gasteiger partial charge in [0.2, 0.25) is 0 Å². The van der Waals surface area contributed by atoms with E-state index in [2.05, 4.69) is 15.6 Å². The normalized spacial score (nSPS) is 10.6. The number of amides is 2. The van der Waals surface area contributed by atoms with Gasteiger partial charge in [0, 0.05) is 23.2 Å². The number of carbonyl (C=O) groups is 2. The van der Waals surface area contributed by atoms with Crippen LogP contribution in [0.4, 0.5) is 11.5 Å². The Morgan fingerprint density at radius 1 is 1.07 bits per heavy atom. The van der Waals surface area contributed by atoms with Crippen LogP contribution in [0.2, 0.25) is 15.1 Å². The summed E-state index contributed by atoms with van der Waals surface area (Å²) < 4.78 is 0. The van der Waals surface area contributed by atoms with E-state index in [9.17, 15) is 14.7 Å². The van der Waals surface area contributed by atoms with Crippen LogP contribution in [0, 0.1) is 0 Å². The van der Waals surface area contributed by atoms with Crippen LogP contribution in [0.1, 0.15) is 25.6 Å². The first-order valence-electron chi connectivity index (χ1n) is 7.88. The van der Waals surface area contributed by atoms with Crippen LogP contribution in [0.3, 0.4) is 0 Å². The van der Waals surface area contributed by atoms with Gasteiger partial charge in [0.05, 0.1) is 21.3 Å². The minimum Gasteiger partial charge on any atom is -0.506 e. The first-order chi connectivity index (χ1) is 13.8. The van der Waals surface area contributed by atoms with Crippen molar-refractivity contribution in [2.45, 2.75) is 5.88 Å². The van der Waals surface area contributed by atoms with Crippen molar-refractivity contribution in [3.8, 4) is 5.75 Å². The van der Waals surface area contributed by atoms with Crippen LogP contribution in [-0.4, -0.2) is 21.9 Å². The molecule has 6 nitrogen and oxygen atoms in total. The topological polar surface area (TPSA) is 91.3 Å². The molecule has 0 fully saturated rings. The van der Waals surface area contributed by atoms with Crippen molar-refractivity contribution >= 4 is 81.1 Å². The standard InChI is InChI=1S/C18H11Cl4N3O3S/c19-5-8-7-29-16(14(8)22)18(28)25-15-11(3-10(21)4-12(15)26)17(27)24-13-2-1-9(20)6-23-13/h1-4,6-7,26H,5H2,(H,25,28)(H,23,24,27). The summed E-state index contributed by atoms with van der Waals surface area (Å²) >= 11 is 24.8. The number of nitrogens with zero attached hydrogens (tertiary/aromatic N) is 1. The van der Waals surface area contributed by atoms with Crippen molar-refractivity contribution in [2.24, 2.45) is 0 Å². The molecule has 29 heavy (non-hydrogen) atoms. The van der Waals surface area contributed by atoms with E-state index in [4.69, 9.17) is 46.4 Å². The molecule has 3 aromatic rings. The molecule has 0 aliphatic heterocycles. The highest BCUT2D eigenvalue weighted by molar-refractivity contribution is 7.13. The number of aromatic hydroxyl groups is 1. The van der Waals surface area contributed by atoms with E-state index in [0.29, 0.717) is 10.6 Å². The summed E-state index contributed by atoms with van der Waals surface area (Å²) in [5, 5.41) is 17.7. The summed E-state index contributed by atoms with van der Waals surface area (Å²) in [7, 11) is 0. The lowest BCUT2D eigenvalue weighted by Crippen LogP contribution is -2.18. The lowest BCUT2D eigenvalue weighted by molar-refractivity contribution is 0.102. The van der Waals surface area contributed by atoms with Crippen molar-refractivity contribution in [1.82, 2.24) is 4.98 Å². The molecule has 3 rings (SSSR count). The Balaban J connectivity index is 1.92. The fourth-order valence-electron chi connectivity index (χ4n) is 2.33. The third-order valence-electron chi connectivity index (χ3n) is 3.68. The van der Waals surface area contributed by atoms with Gasteiger partial charge in [0.25, 0.3) is 11.8 Å². The van der Waals surface area contributed by atoms with Gasteiger partial charge in [-0.05, 0) is 29.1 Å². The molecular weight excluding hydrogens is 480 g/mol. The number of aromatic nitrogens is 1. The van der Waals surface area contributed by atoms with E-state index < -0.39 is 11.8 Å². The summed E-state index contributed by atoms with van der Waals surface area (Å²) in [5.41, 5.74) is 0.420. The monoisotopic (exact) mass is 489 g/mol. The Morgan fingerprint density at radius 3 is 2.45 bits per heavy atom. The van der Waals surface area contributed by atoms with Crippen molar-refractivity contribution in [3.63, 3.8) is 0 Å². The number of carbonyl (C=O) groups excluding carboxylic acids is 2. The number of benzene rings is 1. The predicted molar refractivity (Wildman–Crippen MR) is 117 cm³/mol. The number of anilines is 2. The fourth-order valence-corrected chi connectivity index (χ4v) is 4.28. The van der Waals surface area contributed by atoms with E-state index in [1.54, 1.807) is 11.4 Å². The number of halogens is 4. The lowest BCUT2D eigenvalue weighted by atomic mass is 10.1. The summed E-state index contributed by atoms with van der Waals surface area (Å²) in [6, 6.07) is 5.56. The minimum atomic E-state index is -0.647. The molecule has 0 aliphatic rings. The maximum Gasteiger partial charge on any atom is 0.267 e. The molecule has 0 spiro atoms. The smallest absolute Gasteiger partial charge is 0.267 e. The maximum absolute atomic E-state index is 12.7. The third-order valence-corrected chi connectivity index (χ3v) is 5.99. The molecule has 0 saturated heterocycles. The molecule has 2 amide bonds. The number of thiophene rings is 1. The van der Waals surface area contributed by atoms with Crippen LogP contribution >= 0.6 is 57.7 Å².